The third-order valence-electron chi connectivity index (χ3n) is 1.94. The number of aryl methyl sites for hydroxylation is 1. The van der Waals surface area contributed by atoms with Gasteiger partial charge in [0.05, 0.1) is 22.9 Å². The van der Waals surface area contributed by atoms with Gasteiger partial charge in [-0.25, -0.2) is 0 Å². The lowest BCUT2D eigenvalue weighted by atomic mass is 10.3. The number of nitrogens with zero attached hydrogens (tertiary/aromatic N) is 2. The first kappa shape index (κ1) is 11.2. The van der Waals surface area contributed by atoms with Crippen molar-refractivity contribution in [3.8, 4) is 0 Å². The Morgan fingerprint density at radius 2 is 2.43 bits per heavy atom. The second kappa shape index (κ2) is 5.14. The minimum atomic E-state index is 0.0839. The Morgan fingerprint density at radius 3 is 2.93 bits per heavy atom. The Morgan fingerprint density at radius 1 is 1.71 bits per heavy atom. The van der Waals surface area contributed by atoms with E-state index in [1.54, 1.807) is 10.9 Å². The highest BCUT2D eigenvalue weighted by Gasteiger charge is 2.06. The maximum Gasteiger partial charge on any atom is 0.220 e. The maximum absolute atomic E-state index is 11.2. The molecule has 0 radical (unpaired) electrons. The number of hydrogen-bond donors (Lipinski definition) is 1. The van der Waals surface area contributed by atoms with Crippen molar-refractivity contribution >= 4 is 21.8 Å². The van der Waals surface area contributed by atoms with Crippen LogP contribution in [0.2, 0.25) is 0 Å². The van der Waals surface area contributed by atoms with Crippen molar-refractivity contribution in [2.24, 2.45) is 7.05 Å². The first-order valence-electron chi connectivity index (χ1n) is 4.58. The van der Waals surface area contributed by atoms with Crippen LogP contribution in [0.15, 0.2) is 10.7 Å². The van der Waals surface area contributed by atoms with Gasteiger partial charge in [-0.05, 0) is 22.4 Å². The number of hydrogen-bond acceptors (Lipinski definition) is 2. The second-order valence-corrected chi connectivity index (χ2v) is 3.94. The predicted molar refractivity (Wildman–Crippen MR) is 57.7 cm³/mol. The first-order chi connectivity index (χ1) is 6.65. The van der Waals surface area contributed by atoms with E-state index in [0.29, 0.717) is 13.0 Å². The number of carbonyl (C=O) groups excluding carboxylic acids is 1. The molecule has 0 aromatic carbocycles. The molecule has 1 N–H and O–H groups in total. The average Bonchev–Trinajstić information content (AvgIpc) is 2.44. The van der Waals surface area contributed by atoms with Gasteiger partial charge in [0.1, 0.15) is 0 Å². The minimum absolute atomic E-state index is 0.0839. The molecular formula is C9H14BrN3O. The molecule has 0 bridgehead atoms. The van der Waals surface area contributed by atoms with Crippen LogP contribution in [0.5, 0.6) is 0 Å². The topological polar surface area (TPSA) is 46.9 Å². The fourth-order valence-electron chi connectivity index (χ4n) is 1.13. The van der Waals surface area contributed by atoms with Gasteiger partial charge < -0.3 is 5.32 Å². The Kier molecular flexibility index (Phi) is 4.13. The minimum Gasteiger partial charge on any atom is -0.350 e. The van der Waals surface area contributed by atoms with E-state index in [0.717, 1.165) is 16.6 Å². The zero-order chi connectivity index (χ0) is 10.6. The normalized spacial score (nSPS) is 10.2. The van der Waals surface area contributed by atoms with Crippen LogP contribution in [-0.2, 0) is 18.4 Å². The molecule has 0 aliphatic rings. The predicted octanol–water partition coefficient (Wildman–Crippen LogP) is 1.60. The van der Waals surface area contributed by atoms with Gasteiger partial charge in [0.2, 0.25) is 5.91 Å². The largest absolute Gasteiger partial charge is 0.350 e. The summed E-state index contributed by atoms with van der Waals surface area (Å²) in [7, 11) is 1.85. The molecule has 0 atom stereocenters. The zero-order valence-electron chi connectivity index (χ0n) is 8.38. The number of amides is 1. The van der Waals surface area contributed by atoms with Crippen molar-refractivity contribution < 1.29 is 4.79 Å². The Labute approximate surface area is 91.8 Å². The monoisotopic (exact) mass is 259 g/mol. The van der Waals surface area contributed by atoms with Gasteiger partial charge in [0.15, 0.2) is 0 Å². The highest BCUT2D eigenvalue weighted by Crippen LogP contribution is 2.14. The van der Waals surface area contributed by atoms with E-state index in [1.807, 2.05) is 14.0 Å². The van der Waals surface area contributed by atoms with Crippen molar-refractivity contribution in [2.45, 2.75) is 26.3 Å². The summed E-state index contributed by atoms with van der Waals surface area (Å²) in [6, 6.07) is 0. The fraction of sp³-hybridized carbons (Fsp3) is 0.556. The number of aromatic nitrogens is 2. The van der Waals surface area contributed by atoms with Crippen molar-refractivity contribution in [3.63, 3.8) is 0 Å². The molecule has 0 saturated carbocycles. The molecule has 4 nitrogen and oxygen atoms in total. The van der Waals surface area contributed by atoms with Crippen LogP contribution in [-0.4, -0.2) is 15.7 Å². The van der Waals surface area contributed by atoms with E-state index in [-0.39, 0.29) is 5.91 Å². The van der Waals surface area contributed by atoms with Crippen molar-refractivity contribution in [2.75, 3.05) is 0 Å². The summed E-state index contributed by atoms with van der Waals surface area (Å²) >= 11 is 3.37. The van der Waals surface area contributed by atoms with Gasteiger partial charge in [0.25, 0.3) is 0 Å². The van der Waals surface area contributed by atoms with Gasteiger partial charge in [-0.15, -0.1) is 0 Å². The summed E-state index contributed by atoms with van der Waals surface area (Å²) in [5, 5.41) is 6.90. The van der Waals surface area contributed by atoms with E-state index in [1.165, 1.54) is 0 Å². The SMILES string of the molecule is CCCC(=O)NCc1c(Br)cnn1C. The van der Waals surface area contributed by atoms with Gasteiger partial charge in [-0.3, -0.25) is 9.48 Å². The molecule has 78 valence electrons. The Balaban J connectivity index is 2.49. The first-order valence-corrected chi connectivity index (χ1v) is 5.37. The molecule has 1 aromatic heterocycles. The number of rotatable bonds is 4. The number of carbonyl (C=O) groups is 1. The molecule has 1 aromatic rings. The van der Waals surface area contributed by atoms with Crippen LogP contribution in [0.25, 0.3) is 0 Å². The lowest BCUT2D eigenvalue weighted by Crippen LogP contribution is -2.23. The molecule has 0 saturated heterocycles. The summed E-state index contributed by atoms with van der Waals surface area (Å²) in [6.07, 6.45) is 3.18. The molecule has 0 aliphatic carbocycles. The van der Waals surface area contributed by atoms with E-state index in [2.05, 4.69) is 26.3 Å². The van der Waals surface area contributed by atoms with E-state index >= 15 is 0 Å². The molecule has 1 rings (SSSR count). The van der Waals surface area contributed by atoms with Crippen LogP contribution < -0.4 is 5.32 Å². The molecular weight excluding hydrogens is 246 g/mol. The lowest BCUT2D eigenvalue weighted by Gasteiger charge is -2.05. The van der Waals surface area contributed by atoms with E-state index in [9.17, 15) is 4.79 Å². The zero-order valence-corrected chi connectivity index (χ0v) is 9.97. The van der Waals surface area contributed by atoms with Crippen LogP contribution >= 0.6 is 15.9 Å². The highest BCUT2D eigenvalue weighted by molar-refractivity contribution is 9.10. The van der Waals surface area contributed by atoms with Crippen LogP contribution in [0.4, 0.5) is 0 Å². The van der Waals surface area contributed by atoms with Crippen LogP contribution in [0, 0.1) is 0 Å². The summed E-state index contributed by atoms with van der Waals surface area (Å²) in [5.74, 6) is 0.0839. The Hall–Kier alpha value is -0.840. The van der Waals surface area contributed by atoms with Crippen LogP contribution in [0.3, 0.4) is 0 Å². The van der Waals surface area contributed by atoms with Crippen molar-refractivity contribution in [3.05, 3.63) is 16.4 Å². The standard InChI is InChI=1S/C9H14BrN3O/c1-3-4-9(14)11-6-8-7(10)5-12-13(8)2/h5H,3-4,6H2,1-2H3,(H,11,14). The highest BCUT2D eigenvalue weighted by atomic mass is 79.9. The lowest BCUT2D eigenvalue weighted by molar-refractivity contribution is -0.121. The molecule has 0 unspecified atom stereocenters. The van der Waals surface area contributed by atoms with E-state index < -0.39 is 0 Å². The second-order valence-electron chi connectivity index (χ2n) is 3.09. The molecule has 5 heteroatoms. The molecule has 0 fully saturated rings. The average molecular weight is 260 g/mol. The molecule has 0 aliphatic heterocycles. The fourth-order valence-corrected chi connectivity index (χ4v) is 1.62. The maximum atomic E-state index is 11.2. The van der Waals surface area contributed by atoms with E-state index in [4.69, 9.17) is 0 Å². The van der Waals surface area contributed by atoms with Crippen molar-refractivity contribution in [1.82, 2.24) is 15.1 Å². The Bertz CT molecular complexity index is 302. The van der Waals surface area contributed by atoms with Gasteiger partial charge >= 0.3 is 0 Å². The summed E-state index contributed by atoms with van der Waals surface area (Å²) in [6.45, 7) is 2.51. The van der Waals surface area contributed by atoms with Gasteiger partial charge in [-0.1, -0.05) is 6.92 Å². The molecule has 1 heterocycles. The third-order valence-corrected chi connectivity index (χ3v) is 2.60. The molecule has 1 amide bonds. The summed E-state index contributed by atoms with van der Waals surface area (Å²) < 4.78 is 2.67. The quantitative estimate of drug-likeness (QED) is 0.893. The van der Waals surface area contributed by atoms with Crippen LogP contribution in [0.1, 0.15) is 25.5 Å². The van der Waals surface area contributed by atoms with Crippen molar-refractivity contribution in [1.29, 1.82) is 0 Å². The van der Waals surface area contributed by atoms with Gasteiger partial charge in [-0.2, -0.15) is 5.10 Å². The number of nitrogens with one attached hydrogen (secondary N) is 1. The van der Waals surface area contributed by atoms with Gasteiger partial charge in [0, 0.05) is 13.5 Å². The molecule has 0 spiro atoms. The molecule has 14 heavy (non-hydrogen) atoms. The summed E-state index contributed by atoms with van der Waals surface area (Å²) in [5.41, 5.74) is 0.981. The third kappa shape index (κ3) is 2.83. The number of halogens is 1. The summed E-state index contributed by atoms with van der Waals surface area (Å²) in [4.78, 5) is 11.2. The smallest absolute Gasteiger partial charge is 0.220 e.